The van der Waals surface area contributed by atoms with Gasteiger partial charge >= 0.3 is 0 Å². The predicted octanol–water partition coefficient (Wildman–Crippen LogP) is 3.47. The topological polar surface area (TPSA) is 36.1 Å². The fraction of sp³-hybridized carbons (Fsp3) is 0.312. The summed E-state index contributed by atoms with van der Waals surface area (Å²) in [5.74, 6) is 0.0996. The van der Waals surface area contributed by atoms with Gasteiger partial charge in [0, 0.05) is 30.5 Å². The number of carbonyl (C=O) groups is 1. The number of hydrogen-bond acceptors (Lipinski definition) is 1. The molecule has 0 bridgehead atoms. The SMILES string of the molecule is CCN(CC)C(=O)c1c(-c2ccccc2)c[nH]c1C. The van der Waals surface area contributed by atoms with Gasteiger partial charge in [0.15, 0.2) is 0 Å². The zero-order valence-corrected chi connectivity index (χ0v) is 11.7. The number of nitrogens with one attached hydrogen (secondary N) is 1. The van der Waals surface area contributed by atoms with Gasteiger partial charge in [0.05, 0.1) is 5.56 Å². The third-order valence-electron chi connectivity index (χ3n) is 3.43. The number of amides is 1. The Balaban J connectivity index is 2.47. The van der Waals surface area contributed by atoms with Crippen LogP contribution in [0.3, 0.4) is 0 Å². The minimum absolute atomic E-state index is 0.0996. The zero-order valence-electron chi connectivity index (χ0n) is 11.7. The molecule has 0 saturated carbocycles. The highest BCUT2D eigenvalue weighted by molar-refractivity contribution is 6.02. The van der Waals surface area contributed by atoms with Gasteiger partial charge in [0.25, 0.3) is 5.91 Å². The summed E-state index contributed by atoms with van der Waals surface area (Å²) in [5.41, 5.74) is 3.77. The number of rotatable bonds is 4. The number of H-pyrrole nitrogens is 1. The fourth-order valence-electron chi connectivity index (χ4n) is 2.32. The highest BCUT2D eigenvalue weighted by atomic mass is 16.2. The van der Waals surface area contributed by atoms with E-state index in [9.17, 15) is 4.79 Å². The molecular weight excluding hydrogens is 236 g/mol. The molecule has 2 rings (SSSR count). The van der Waals surface area contributed by atoms with Crippen LogP contribution in [0.4, 0.5) is 0 Å². The molecule has 1 N–H and O–H groups in total. The second-order valence-corrected chi connectivity index (χ2v) is 4.55. The van der Waals surface area contributed by atoms with Crippen molar-refractivity contribution in [3.8, 4) is 11.1 Å². The minimum Gasteiger partial charge on any atom is -0.364 e. The number of benzene rings is 1. The summed E-state index contributed by atoms with van der Waals surface area (Å²) in [6, 6.07) is 10.0. The second kappa shape index (κ2) is 5.74. The molecule has 0 aliphatic carbocycles. The standard InChI is InChI=1S/C16H20N2O/c1-4-18(5-2)16(19)15-12(3)17-11-14(15)13-9-7-6-8-10-13/h6-11,17H,4-5H2,1-3H3. The summed E-state index contributed by atoms with van der Waals surface area (Å²) < 4.78 is 0. The van der Waals surface area contributed by atoms with E-state index in [4.69, 9.17) is 0 Å². The molecule has 0 atom stereocenters. The van der Waals surface area contributed by atoms with Gasteiger partial charge < -0.3 is 9.88 Å². The summed E-state index contributed by atoms with van der Waals surface area (Å²) in [4.78, 5) is 17.6. The number of aryl methyl sites for hydroxylation is 1. The normalized spacial score (nSPS) is 10.5. The highest BCUT2D eigenvalue weighted by Gasteiger charge is 2.20. The zero-order chi connectivity index (χ0) is 13.8. The average Bonchev–Trinajstić information content (AvgIpc) is 2.83. The molecule has 19 heavy (non-hydrogen) atoms. The van der Waals surface area contributed by atoms with Gasteiger partial charge in [-0.05, 0) is 26.3 Å². The van der Waals surface area contributed by atoms with Gasteiger partial charge in [-0.25, -0.2) is 0 Å². The van der Waals surface area contributed by atoms with E-state index >= 15 is 0 Å². The quantitative estimate of drug-likeness (QED) is 0.893. The van der Waals surface area contributed by atoms with Gasteiger partial charge in [-0.15, -0.1) is 0 Å². The predicted molar refractivity (Wildman–Crippen MR) is 78.2 cm³/mol. The number of carbonyl (C=O) groups excluding carboxylic acids is 1. The first-order valence-corrected chi connectivity index (χ1v) is 6.71. The van der Waals surface area contributed by atoms with Crippen LogP contribution >= 0.6 is 0 Å². The smallest absolute Gasteiger partial charge is 0.256 e. The molecule has 0 fully saturated rings. The largest absolute Gasteiger partial charge is 0.364 e. The molecule has 3 nitrogen and oxygen atoms in total. The lowest BCUT2D eigenvalue weighted by molar-refractivity contribution is 0.0773. The molecule has 1 aromatic carbocycles. The molecule has 0 spiro atoms. The van der Waals surface area contributed by atoms with Crippen molar-refractivity contribution in [1.82, 2.24) is 9.88 Å². The van der Waals surface area contributed by atoms with Crippen molar-refractivity contribution >= 4 is 5.91 Å². The molecule has 1 amide bonds. The fourth-order valence-corrected chi connectivity index (χ4v) is 2.32. The van der Waals surface area contributed by atoms with Crippen LogP contribution < -0.4 is 0 Å². The summed E-state index contributed by atoms with van der Waals surface area (Å²) in [6.45, 7) is 7.42. The maximum atomic E-state index is 12.6. The van der Waals surface area contributed by atoms with E-state index in [1.807, 2.05) is 62.2 Å². The third kappa shape index (κ3) is 2.55. The van der Waals surface area contributed by atoms with Crippen LogP contribution in [0.5, 0.6) is 0 Å². The Morgan fingerprint density at radius 3 is 2.37 bits per heavy atom. The van der Waals surface area contributed by atoms with Crippen LogP contribution in [0.25, 0.3) is 11.1 Å². The van der Waals surface area contributed by atoms with Crippen molar-refractivity contribution in [2.75, 3.05) is 13.1 Å². The average molecular weight is 256 g/mol. The maximum Gasteiger partial charge on any atom is 0.256 e. The van der Waals surface area contributed by atoms with Gasteiger partial charge in [0.2, 0.25) is 0 Å². The lowest BCUT2D eigenvalue weighted by Gasteiger charge is -2.19. The van der Waals surface area contributed by atoms with Crippen LogP contribution in [0.2, 0.25) is 0 Å². The summed E-state index contributed by atoms with van der Waals surface area (Å²) >= 11 is 0. The molecule has 0 saturated heterocycles. The molecule has 3 heteroatoms. The maximum absolute atomic E-state index is 12.6. The summed E-state index contributed by atoms with van der Waals surface area (Å²) in [7, 11) is 0. The van der Waals surface area contributed by atoms with Gasteiger partial charge in [0.1, 0.15) is 0 Å². The van der Waals surface area contributed by atoms with Crippen molar-refractivity contribution in [2.24, 2.45) is 0 Å². The molecule has 1 heterocycles. The van der Waals surface area contributed by atoms with E-state index < -0.39 is 0 Å². The lowest BCUT2D eigenvalue weighted by atomic mass is 10.0. The number of hydrogen-bond donors (Lipinski definition) is 1. The lowest BCUT2D eigenvalue weighted by Crippen LogP contribution is -2.31. The first-order chi connectivity index (χ1) is 9.19. The van der Waals surface area contributed by atoms with E-state index in [2.05, 4.69) is 4.98 Å². The molecule has 2 aromatic rings. The molecular formula is C16H20N2O. The molecule has 0 aliphatic rings. The van der Waals surface area contributed by atoms with Gasteiger partial charge in [-0.2, -0.15) is 0 Å². The van der Waals surface area contributed by atoms with Crippen LogP contribution in [-0.4, -0.2) is 28.9 Å². The van der Waals surface area contributed by atoms with Crippen LogP contribution in [0, 0.1) is 6.92 Å². The van der Waals surface area contributed by atoms with Crippen LogP contribution in [0.15, 0.2) is 36.5 Å². The Labute approximate surface area is 114 Å². The first kappa shape index (κ1) is 13.4. The number of nitrogens with zero attached hydrogens (tertiary/aromatic N) is 1. The number of aromatic nitrogens is 1. The number of aromatic amines is 1. The van der Waals surface area contributed by atoms with E-state index in [0.29, 0.717) is 0 Å². The van der Waals surface area contributed by atoms with Crippen molar-refractivity contribution in [1.29, 1.82) is 0 Å². The minimum atomic E-state index is 0.0996. The molecule has 0 unspecified atom stereocenters. The Morgan fingerprint density at radius 1 is 1.16 bits per heavy atom. The van der Waals surface area contributed by atoms with E-state index in [0.717, 1.165) is 35.5 Å². The van der Waals surface area contributed by atoms with Gasteiger partial charge in [-0.1, -0.05) is 30.3 Å². The molecule has 1 aromatic heterocycles. The third-order valence-corrected chi connectivity index (χ3v) is 3.43. The van der Waals surface area contributed by atoms with E-state index in [-0.39, 0.29) is 5.91 Å². The summed E-state index contributed by atoms with van der Waals surface area (Å²) in [6.07, 6.45) is 1.92. The Kier molecular flexibility index (Phi) is 4.05. The van der Waals surface area contributed by atoms with Crippen molar-refractivity contribution in [3.05, 3.63) is 47.8 Å². The van der Waals surface area contributed by atoms with Crippen molar-refractivity contribution < 1.29 is 4.79 Å². The monoisotopic (exact) mass is 256 g/mol. The van der Waals surface area contributed by atoms with E-state index in [1.54, 1.807) is 0 Å². The highest BCUT2D eigenvalue weighted by Crippen LogP contribution is 2.27. The Hall–Kier alpha value is -2.03. The molecule has 100 valence electrons. The van der Waals surface area contributed by atoms with Crippen LogP contribution in [-0.2, 0) is 0 Å². The summed E-state index contributed by atoms with van der Waals surface area (Å²) in [5, 5.41) is 0. The first-order valence-electron chi connectivity index (χ1n) is 6.71. The van der Waals surface area contributed by atoms with Crippen LogP contribution in [0.1, 0.15) is 29.9 Å². The van der Waals surface area contributed by atoms with Crippen molar-refractivity contribution in [3.63, 3.8) is 0 Å². The second-order valence-electron chi connectivity index (χ2n) is 4.55. The van der Waals surface area contributed by atoms with Crippen molar-refractivity contribution in [2.45, 2.75) is 20.8 Å². The Bertz CT molecular complexity index is 553. The molecule has 0 radical (unpaired) electrons. The Morgan fingerprint density at radius 2 is 1.79 bits per heavy atom. The van der Waals surface area contributed by atoms with Gasteiger partial charge in [-0.3, -0.25) is 4.79 Å². The van der Waals surface area contributed by atoms with E-state index in [1.165, 1.54) is 0 Å². The molecule has 0 aliphatic heterocycles.